The maximum Gasteiger partial charge on any atom is 0.339 e. The van der Waals surface area contributed by atoms with Crippen molar-refractivity contribution in [2.75, 3.05) is 12.4 Å². The quantitative estimate of drug-likeness (QED) is 0.264. The molecule has 7 heteroatoms. The van der Waals surface area contributed by atoms with Gasteiger partial charge in [-0.15, -0.1) is 0 Å². The van der Waals surface area contributed by atoms with E-state index in [1.807, 2.05) is 48.5 Å². The number of rotatable bonds is 8. The Morgan fingerprint density at radius 3 is 2.23 bits per heavy atom. The Morgan fingerprint density at radius 1 is 0.821 bits per heavy atom. The summed E-state index contributed by atoms with van der Waals surface area (Å²) in [6.45, 7) is 0. The predicted molar refractivity (Wildman–Crippen MR) is 151 cm³/mol. The fourth-order valence-corrected chi connectivity index (χ4v) is 4.81. The fourth-order valence-electron chi connectivity index (χ4n) is 4.81. The molecule has 0 saturated heterocycles. The van der Waals surface area contributed by atoms with E-state index in [0.717, 1.165) is 47.8 Å². The van der Waals surface area contributed by atoms with Crippen molar-refractivity contribution in [3.8, 4) is 17.2 Å². The molecule has 0 atom stereocenters. The normalized spacial score (nSPS) is 16.9. The third-order valence-electron chi connectivity index (χ3n) is 6.93. The van der Waals surface area contributed by atoms with Crippen LogP contribution in [-0.4, -0.2) is 31.1 Å². The van der Waals surface area contributed by atoms with Crippen molar-refractivity contribution in [2.24, 2.45) is 5.73 Å². The number of carbonyl (C=O) groups excluding carboxylic acids is 2. The van der Waals surface area contributed by atoms with Gasteiger partial charge in [-0.05, 0) is 90.6 Å². The van der Waals surface area contributed by atoms with E-state index in [1.54, 1.807) is 24.3 Å². The van der Waals surface area contributed by atoms with E-state index in [-0.39, 0.29) is 18.4 Å². The van der Waals surface area contributed by atoms with Gasteiger partial charge in [0, 0.05) is 6.04 Å². The highest BCUT2D eigenvalue weighted by Gasteiger charge is 2.20. The van der Waals surface area contributed by atoms with Crippen LogP contribution in [0.2, 0.25) is 0 Å². The zero-order valence-electron chi connectivity index (χ0n) is 21.9. The summed E-state index contributed by atoms with van der Waals surface area (Å²) in [4.78, 5) is 24.5. The molecule has 0 unspecified atom stereocenters. The molecule has 0 aromatic heterocycles. The van der Waals surface area contributed by atoms with Gasteiger partial charge in [0.1, 0.15) is 17.2 Å². The van der Waals surface area contributed by atoms with Gasteiger partial charge in [0.25, 0.3) is 0 Å². The Kier molecular flexibility index (Phi) is 8.08. The first-order valence-electron chi connectivity index (χ1n) is 13.2. The summed E-state index contributed by atoms with van der Waals surface area (Å²) in [6, 6.07) is 26.5. The van der Waals surface area contributed by atoms with Gasteiger partial charge >= 0.3 is 5.97 Å². The highest BCUT2D eigenvalue weighted by atomic mass is 16.5. The number of benzene rings is 4. The number of nitrogens with one attached hydrogen (secondary N) is 1. The van der Waals surface area contributed by atoms with Crippen LogP contribution in [0.3, 0.4) is 0 Å². The van der Waals surface area contributed by atoms with Crippen molar-refractivity contribution in [3.05, 3.63) is 96.1 Å². The number of methoxy groups -OCH3 is 1. The molecule has 0 heterocycles. The Balaban J connectivity index is 1.20. The first-order valence-corrected chi connectivity index (χ1v) is 13.2. The average molecular weight is 525 g/mol. The first kappa shape index (κ1) is 26.3. The Morgan fingerprint density at radius 2 is 1.49 bits per heavy atom. The van der Waals surface area contributed by atoms with Crippen LogP contribution in [0.5, 0.6) is 17.2 Å². The van der Waals surface area contributed by atoms with Gasteiger partial charge in [-0.25, -0.2) is 4.79 Å². The molecule has 0 radical (unpaired) electrons. The second kappa shape index (κ2) is 12.0. The fraction of sp³-hybridized carbons (Fsp3) is 0.250. The summed E-state index contributed by atoms with van der Waals surface area (Å²) >= 11 is 0. The Hall–Kier alpha value is -4.36. The molecule has 1 saturated carbocycles. The molecule has 1 aliphatic carbocycles. The minimum atomic E-state index is -0.501. The van der Waals surface area contributed by atoms with Crippen LogP contribution in [0.25, 0.3) is 10.8 Å². The van der Waals surface area contributed by atoms with Gasteiger partial charge in [0.05, 0.1) is 30.9 Å². The summed E-state index contributed by atoms with van der Waals surface area (Å²) in [6.07, 6.45) is 4.35. The van der Waals surface area contributed by atoms with Crippen LogP contribution in [0.1, 0.15) is 41.6 Å². The number of hydrogen-bond acceptors (Lipinski definition) is 6. The average Bonchev–Trinajstić information content (AvgIpc) is 2.95. The van der Waals surface area contributed by atoms with Gasteiger partial charge < -0.3 is 25.3 Å². The summed E-state index contributed by atoms with van der Waals surface area (Å²) in [5, 5.41) is 4.94. The number of nitrogens with two attached hydrogens (primary N) is 1. The Labute approximate surface area is 227 Å². The van der Waals surface area contributed by atoms with Gasteiger partial charge in [0.2, 0.25) is 5.91 Å². The van der Waals surface area contributed by atoms with Crippen molar-refractivity contribution >= 4 is 28.3 Å². The van der Waals surface area contributed by atoms with Crippen molar-refractivity contribution in [2.45, 2.75) is 44.2 Å². The van der Waals surface area contributed by atoms with E-state index in [1.165, 1.54) is 7.11 Å². The molecule has 1 fully saturated rings. The number of para-hydroxylation sites is 1. The highest BCUT2D eigenvalue weighted by Crippen LogP contribution is 2.30. The van der Waals surface area contributed by atoms with Gasteiger partial charge in [-0.2, -0.15) is 0 Å². The van der Waals surface area contributed by atoms with E-state index >= 15 is 0 Å². The third-order valence-corrected chi connectivity index (χ3v) is 6.93. The van der Waals surface area contributed by atoms with E-state index < -0.39 is 5.97 Å². The molecule has 0 bridgehead atoms. The van der Waals surface area contributed by atoms with Crippen LogP contribution in [0.4, 0.5) is 5.69 Å². The predicted octanol–water partition coefficient (Wildman–Crippen LogP) is 6.25. The van der Waals surface area contributed by atoms with Crippen LogP contribution < -0.4 is 20.5 Å². The van der Waals surface area contributed by atoms with Crippen LogP contribution in [-0.2, 0) is 16.0 Å². The summed E-state index contributed by atoms with van der Waals surface area (Å²) < 4.78 is 17.1. The lowest BCUT2D eigenvalue weighted by molar-refractivity contribution is -0.115. The van der Waals surface area contributed by atoms with E-state index in [2.05, 4.69) is 17.4 Å². The van der Waals surface area contributed by atoms with Gasteiger partial charge in [-0.3, -0.25) is 4.79 Å². The zero-order chi connectivity index (χ0) is 27.2. The third kappa shape index (κ3) is 6.75. The molecular weight excluding hydrogens is 492 g/mol. The summed E-state index contributed by atoms with van der Waals surface area (Å²) in [7, 11) is 1.31. The number of ether oxygens (including phenoxy) is 3. The molecule has 0 spiro atoms. The molecule has 3 N–H and O–H groups in total. The van der Waals surface area contributed by atoms with Gasteiger partial charge in [-0.1, -0.05) is 36.4 Å². The molecule has 0 aliphatic heterocycles. The lowest BCUT2D eigenvalue weighted by Gasteiger charge is -2.26. The smallest absolute Gasteiger partial charge is 0.339 e. The molecule has 4 aromatic rings. The minimum Gasteiger partial charge on any atom is -0.490 e. The van der Waals surface area contributed by atoms with Crippen LogP contribution in [0.15, 0.2) is 84.9 Å². The molecule has 1 aliphatic rings. The molecule has 39 heavy (non-hydrogen) atoms. The van der Waals surface area contributed by atoms with Crippen molar-refractivity contribution in [1.29, 1.82) is 0 Å². The monoisotopic (exact) mass is 524 g/mol. The largest absolute Gasteiger partial charge is 0.490 e. The molecular formula is C32H32N2O5. The summed E-state index contributed by atoms with van der Waals surface area (Å²) in [5.74, 6) is 1.51. The number of amides is 1. The Bertz CT molecular complexity index is 1460. The first-order chi connectivity index (χ1) is 19.0. The van der Waals surface area contributed by atoms with Gasteiger partial charge in [0.15, 0.2) is 0 Å². The maximum absolute atomic E-state index is 12.6. The number of anilines is 1. The lowest BCUT2D eigenvalue weighted by Crippen LogP contribution is -2.31. The van der Waals surface area contributed by atoms with Crippen molar-refractivity contribution in [3.63, 3.8) is 0 Å². The van der Waals surface area contributed by atoms with Crippen molar-refractivity contribution < 1.29 is 23.8 Å². The zero-order valence-corrected chi connectivity index (χ0v) is 21.9. The molecule has 200 valence electrons. The number of carbonyl (C=O) groups is 2. The second-order valence-electron chi connectivity index (χ2n) is 9.83. The molecule has 1 amide bonds. The second-order valence-corrected chi connectivity index (χ2v) is 9.83. The molecule has 7 nitrogen and oxygen atoms in total. The number of esters is 1. The summed E-state index contributed by atoms with van der Waals surface area (Å²) in [5.41, 5.74) is 7.57. The SMILES string of the molecule is COC(=O)c1ccccc1NC(=O)Cc1ccc(Oc2ccc3ccc(O[C@H]4CC[C@@H](N)CC4)cc3c2)cc1. The molecule has 5 rings (SSSR count). The maximum atomic E-state index is 12.6. The van der Waals surface area contributed by atoms with Crippen molar-refractivity contribution in [1.82, 2.24) is 0 Å². The van der Waals surface area contributed by atoms with E-state index in [4.69, 9.17) is 19.9 Å². The topological polar surface area (TPSA) is 99.9 Å². The van der Waals surface area contributed by atoms with Crippen LogP contribution >= 0.6 is 0 Å². The highest BCUT2D eigenvalue weighted by molar-refractivity contribution is 6.01. The van der Waals surface area contributed by atoms with Crippen LogP contribution in [0, 0.1) is 0 Å². The standard InChI is InChI=1S/C32H32N2O5/c1-37-32(36)29-4-2-3-5-30(29)34-31(35)18-21-6-12-25(13-7-21)38-27-14-8-22-9-15-28(20-23(22)19-27)39-26-16-10-24(33)11-17-26/h2-9,12-15,19-20,24,26H,10-11,16-18,33H2,1H3,(H,34,35)/t24-,26+. The van der Waals surface area contributed by atoms with E-state index in [0.29, 0.717) is 28.8 Å². The number of hydrogen-bond donors (Lipinski definition) is 2. The minimum absolute atomic E-state index is 0.154. The molecule has 4 aromatic carbocycles. The van der Waals surface area contributed by atoms with E-state index in [9.17, 15) is 9.59 Å². The lowest BCUT2D eigenvalue weighted by atomic mass is 9.94. The number of fused-ring (bicyclic) bond motifs is 1.